The van der Waals surface area contributed by atoms with Gasteiger partial charge in [-0.3, -0.25) is 9.79 Å². The lowest BCUT2D eigenvalue weighted by molar-refractivity contribution is -0.120. The Morgan fingerprint density at radius 2 is 1.88 bits per heavy atom. The molecule has 1 N–H and O–H groups in total. The Hall–Kier alpha value is -4.41. The second kappa shape index (κ2) is 9.05. The molecule has 2 amide bonds. The van der Waals surface area contributed by atoms with Gasteiger partial charge in [0.2, 0.25) is 11.9 Å². The van der Waals surface area contributed by atoms with E-state index in [1.807, 2.05) is 44.2 Å². The summed E-state index contributed by atoms with van der Waals surface area (Å²) in [5.74, 6) is -1.64. The monoisotopic (exact) mass is 586 g/mol. The molecule has 1 spiro atoms. The predicted molar refractivity (Wildman–Crippen MR) is 158 cm³/mol. The zero-order valence-electron chi connectivity index (χ0n) is 24.7. The average molecular weight is 587 g/mol. The first-order valence-electron chi connectivity index (χ1n) is 14.4. The topological polar surface area (TPSA) is 100 Å². The third-order valence-corrected chi connectivity index (χ3v) is 8.51. The molecule has 1 saturated heterocycles. The maximum absolute atomic E-state index is 14.0. The zero-order chi connectivity index (χ0) is 30.5. The van der Waals surface area contributed by atoms with E-state index in [-0.39, 0.29) is 17.8 Å². The molecule has 3 aromatic rings. The van der Waals surface area contributed by atoms with E-state index >= 15 is 0 Å². The number of hydrogen-bond donors (Lipinski definition) is 1. The molecule has 2 fully saturated rings. The van der Waals surface area contributed by atoms with E-state index in [1.165, 1.54) is 9.80 Å². The minimum atomic E-state index is -2.72. The number of anilines is 3. The molecule has 2 aromatic carbocycles. The van der Waals surface area contributed by atoms with Crippen LogP contribution in [0.2, 0.25) is 0 Å². The van der Waals surface area contributed by atoms with Crippen molar-refractivity contribution in [2.24, 2.45) is 4.99 Å². The molecular weight excluding hydrogens is 554 g/mol. The molecule has 2 atom stereocenters. The molecule has 4 aliphatic rings. The molecule has 3 aliphatic heterocycles. The van der Waals surface area contributed by atoms with E-state index in [1.54, 1.807) is 27.0 Å². The zero-order valence-corrected chi connectivity index (χ0v) is 24.7. The molecule has 9 nitrogen and oxygen atoms in total. The van der Waals surface area contributed by atoms with E-state index in [0.717, 1.165) is 33.4 Å². The minimum absolute atomic E-state index is 0.0865. The molecule has 11 heteroatoms. The van der Waals surface area contributed by atoms with Crippen molar-refractivity contribution < 1.29 is 23.1 Å². The molecule has 1 saturated carbocycles. The van der Waals surface area contributed by atoms with Crippen molar-refractivity contribution in [3.8, 4) is 0 Å². The van der Waals surface area contributed by atoms with Gasteiger partial charge < -0.3 is 15.0 Å². The number of aliphatic imine (C=N–C) groups is 1. The maximum atomic E-state index is 14.0. The number of carbonyl (C=O) groups excluding carboxylic acids is 2. The molecule has 0 radical (unpaired) electrons. The van der Waals surface area contributed by atoms with Gasteiger partial charge >= 0.3 is 6.09 Å². The minimum Gasteiger partial charge on any atom is -0.443 e. The Balaban J connectivity index is 1.13. The summed E-state index contributed by atoms with van der Waals surface area (Å²) in [7, 11) is 0. The number of ether oxygens (including phenoxy) is 1. The smallest absolute Gasteiger partial charge is 0.421 e. The van der Waals surface area contributed by atoms with Gasteiger partial charge in [-0.15, -0.1) is 0 Å². The van der Waals surface area contributed by atoms with Crippen molar-refractivity contribution in [1.29, 1.82) is 0 Å². The number of benzene rings is 2. The number of rotatable bonds is 3. The largest absolute Gasteiger partial charge is 0.443 e. The fourth-order valence-electron chi connectivity index (χ4n) is 6.34. The highest BCUT2D eigenvalue weighted by Crippen LogP contribution is 2.66. The number of nitrogens with zero attached hydrogens (tertiary/aromatic N) is 5. The number of hydrogen-bond acceptors (Lipinski definition) is 8. The molecule has 7 rings (SSSR count). The number of carbonyl (C=O) groups is 2. The van der Waals surface area contributed by atoms with Crippen molar-refractivity contribution in [3.05, 3.63) is 76.0 Å². The van der Waals surface area contributed by atoms with E-state index in [4.69, 9.17) is 4.74 Å². The fourth-order valence-corrected chi connectivity index (χ4v) is 6.34. The number of fused-ring (bicyclic) bond motifs is 3. The van der Waals surface area contributed by atoms with Gasteiger partial charge in [0.05, 0.1) is 30.7 Å². The number of amidine groups is 1. The summed E-state index contributed by atoms with van der Waals surface area (Å²) in [6.07, 6.45) is 1.56. The van der Waals surface area contributed by atoms with Crippen LogP contribution in [-0.4, -0.2) is 52.4 Å². The van der Waals surface area contributed by atoms with Crippen LogP contribution in [0.25, 0.3) is 0 Å². The third kappa shape index (κ3) is 4.44. The highest BCUT2D eigenvalue weighted by molar-refractivity contribution is 6.23. The van der Waals surface area contributed by atoms with Crippen LogP contribution in [0.15, 0.2) is 47.6 Å². The normalized spacial score (nSPS) is 23.1. The molecule has 4 heterocycles. The summed E-state index contributed by atoms with van der Waals surface area (Å²) < 4.78 is 32.4. The van der Waals surface area contributed by atoms with Crippen LogP contribution in [0.3, 0.4) is 0 Å². The average Bonchev–Trinajstić information content (AvgIpc) is 3.48. The van der Waals surface area contributed by atoms with Crippen LogP contribution in [0, 0.1) is 13.8 Å². The van der Waals surface area contributed by atoms with Crippen molar-refractivity contribution in [2.75, 3.05) is 28.2 Å². The lowest BCUT2D eigenvalue weighted by atomic mass is 9.90. The van der Waals surface area contributed by atoms with E-state index < -0.39 is 36.1 Å². The Labute approximate surface area is 248 Å². The van der Waals surface area contributed by atoms with E-state index in [0.29, 0.717) is 30.3 Å². The highest BCUT2D eigenvalue weighted by Gasteiger charge is 2.68. The second-order valence-corrected chi connectivity index (χ2v) is 13.0. The summed E-state index contributed by atoms with van der Waals surface area (Å²) in [5, 5.41) is 3.28. The Morgan fingerprint density at radius 1 is 1.12 bits per heavy atom. The molecule has 222 valence electrons. The number of imide groups is 1. The van der Waals surface area contributed by atoms with Gasteiger partial charge in [-0.25, -0.2) is 23.5 Å². The maximum Gasteiger partial charge on any atom is 0.421 e. The van der Waals surface area contributed by atoms with Crippen molar-refractivity contribution in [3.63, 3.8) is 0 Å². The molecule has 43 heavy (non-hydrogen) atoms. The van der Waals surface area contributed by atoms with Gasteiger partial charge in [0.1, 0.15) is 17.3 Å². The van der Waals surface area contributed by atoms with Crippen LogP contribution in [0.4, 0.5) is 31.0 Å². The van der Waals surface area contributed by atoms with Gasteiger partial charge in [0.25, 0.3) is 5.92 Å². The van der Waals surface area contributed by atoms with Gasteiger partial charge in [0, 0.05) is 23.2 Å². The van der Waals surface area contributed by atoms with E-state index in [2.05, 4.69) is 26.3 Å². The lowest BCUT2D eigenvalue weighted by Gasteiger charge is -2.38. The summed E-state index contributed by atoms with van der Waals surface area (Å²) in [6, 6.07) is 11.8. The van der Waals surface area contributed by atoms with Gasteiger partial charge in [-0.05, 0) is 63.8 Å². The summed E-state index contributed by atoms with van der Waals surface area (Å²) >= 11 is 0. The first-order valence-corrected chi connectivity index (χ1v) is 14.4. The molecule has 0 bridgehead atoms. The summed E-state index contributed by atoms with van der Waals surface area (Å²) in [4.78, 5) is 43.2. The number of amides is 2. The first-order chi connectivity index (χ1) is 20.3. The van der Waals surface area contributed by atoms with Gasteiger partial charge in [-0.1, -0.05) is 35.9 Å². The summed E-state index contributed by atoms with van der Waals surface area (Å²) in [6.45, 7) is 8.84. The van der Waals surface area contributed by atoms with Crippen LogP contribution in [0.5, 0.6) is 0 Å². The molecular formula is C32H32F2N6O3. The Kier molecular flexibility index (Phi) is 5.77. The Bertz CT molecular complexity index is 1740. The van der Waals surface area contributed by atoms with Crippen molar-refractivity contribution in [1.82, 2.24) is 9.97 Å². The number of alkyl halides is 2. The van der Waals surface area contributed by atoms with Crippen LogP contribution >= 0.6 is 0 Å². The summed E-state index contributed by atoms with van der Waals surface area (Å²) in [5.41, 5.74) is 4.64. The number of nitrogens with one attached hydrogen (secondary N) is 1. The molecule has 0 unspecified atom stereocenters. The van der Waals surface area contributed by atoms with E-state index in [9.17, 15) is 18.4 Å². The molecule has 1 aromatic heterocycles. The fraction of sp³-hybridized carbons (Fsp3) is 0.406. The third-order valence-electron chi connectivity index (χ3n) is 8.51. The SMILES string of the molecule is Cc1ccc2c(c1)[C@]1(C[C@H]1c1ccc3c(c1)CN=C3Nc1nc(N3CC(F)(F)C3)ncc1C)C(=O)N2C(=O)OC(C)(C)C. The number of aryl methyl sites for hydroxylation is 2. The Morgan fingerprint density at radius 3 is 2.60 bits per heavy atom. The van der Waals surface area contributed by atoms with Crippen LogP contribution < -0.4 is 15.1 Å². The standard InChI is InChI=1S/C32H32F2N6O3/c1-17-6-9-24-22(10-17)32(27(41)40(24)29(42)43-30(3,4)5)12-23(32)19-7-8-21-20(11-19)14-35-26(21)37-25-18(2)13-36-28(38-25)39-15-31(33,34)16-39/h6-11,13,23H,12,14-16H2,1-5H3,(H,35,36,37,38)/t23-,32-/m0/s1. The lowest BCUT2D eigenvalue weighted by Crippen LogP contribution is -2.57. The first kappa shape index (κ1) is 27.4. The molecule has 1 aliphatic carbocycles. The number of halogens is 2. The quantitative estimate of drug-likeness (QED) is 0.425. The second-order valence-electron chi connectivity index (χ2n) is 13.0. The van der Waals surface area contributed by atoms with Crippen molar-refractivity contribution >= 4 is 35.3 Å². The highest BCUT2D eigenvalue weighted by atomic mass is 19.3. The number of aromatic nitrogens is 2. The van der Waals surface area contributed by atoms with Crippen molar-refractivity contribution in [2.45, 2.75) is 70.4 Å². The predicted octanol–water partition coefficient (Wildman–Crippen LogP) is 5.63. The van der Waals surface area contributed by atoms with Gasteiger partial charge in [0.15, 0.2) is 0 Å². The van der Waals surface area contributed by atoms with Crippen LogP contribution in [0.1, 0.15) is 66.5 Å². The van der Waals surface area contributed by atoms with Gasteiger partial charge in [-0.2, -0.15) is 4.98 Å². The van der Waals surface area contributed by atoms with Crippen LogP contribution in [-0.2, 0) is 21.5 Å².